The Bertz CT molecular complexity index is 194. The third-order valence-electron chi connectivity index (χ3n) is 2.13. The van der Waals surface area contributed by atoms with Crippen LogP contribution in [0.15, 0.2) is 4.99 Å². The molecular weight excluding hydrogens is 309 g/mol. The second-order valence-electron chi connectivity index (χ2n) is 3.83. The van der Waals surface area contributed by atoms with Gasteiger partial charge in [0.15, 0.2) is 5.96 Å². The fraction of sp³-hybridized carbons (Fsp3) is 0.889. The minimum Gasteiger partial charge on any atom is -0.356 e. The van der Waals surface area contributed by atoms with Crippen molar-refractivity contribution in [3.05, 3.63) is 0 Å². The fourth-order valence-corrected chi connectivity index (χ4v) is 1.24. The van der Waals surface area contributed by atoms with Gasteiger partial charge in [0.2, 0.25) is 0 Å². The Morgan fingerprint density at radius 2 is 2.29 bits per heavy atom. The molecule has 0 unspecified atom stereocenters. The molecule has 0 saturated carbocycles. The Balaban J connectivity index is 0.00000169. The molecule has 2 N–H and O–H groups in total. The van der Waals surface area contributed by atoms with Gasteiger partial charge in [0.1, 0.15) is 0 Å². The van der Waals surface area contributed by atoms with Crippen LogP contribution in [0, 0.1) is 0 Å². The second-order valence-corrected chi connectivity index (χ2v) is 5.34. The molecule has 0 aliphatic carbocycles. The number of rotatable bonds is 3. The Labute approximate surface area is 108 Å². The van der Waals surface area contributed by atoms with E-state index in [0.717, 1.165) is 32.0 Å². The first-order valence-electron chi connectivity index (χ1n) is 4.71. The first kappa shape index (κ1) is 14.3. The zero-order valence-corrected chi connectivity index (χ0v) is 12.2. The number of aliphatic imine (C=N–C) groups is 1. The molecule has 1 aliphatic rings. The average Bonchev–Trinajstić information content (AvgIpc) is 2.17. The summed E-state index contributed by atoms with van der Waals surface area (Å²) in [6.07, 6.45) is 3.29. The van der Waals surface area contributed by atoms with Crippen molar-refractivity contribution in [2.24, 2.45) is 4.99 Å². The fourth-order valence-electron chi connectivity index (χ4n) is 1.02. The maximum absolute atomic E-state index is 4.35. The maximum atomic E-state index is 4.35. The molecule has 0 amide bonds. The number of thioether (sulfide) groups is 1. The van der Waals surface area contributed by atoms with Crippen molar-refractivity contribution >= 4 is 41.7 Å². The van der Waals surface area contributed by atoms with Crippen molar-refractivity contribution in [1.82, 2.24) is 10.6 Å². The molecule has 0 fully saturated rings. The SMILES string of the molecule is CSC(C)(C)CNC1=NCCCN1.I. The van der Waals surface area contributed by atoms with E-state index in [1.54, 1.807) is 0 Å². The van der Waals surface area contributed by atoms with E-state index >= 15 is 0 Å². The minimum atomic E-state index is 0. The van der Waals surface area contributed by atoms with E-state index < -0.39 is 0 Å². The van der Waals surface area contributed by atoms with E-state index in [-0.39, 0.29) is 28.7 Å². The number of nitrogens with one attached hydrogen (secondary N) is 2. The van der Waals surface area contributed by atoms with Crippen molar-refractivity contribution in [2.45, 2.75) is 25.0 Å². The lowest BCUT2D eigenvalue weighted by molar-refractivity contribution is 0.643. The lowest BCUT2D eigenvalue weighted by Gasteiger charge is -2.24. The van der Waals surface area contributed by atoms with Gasteiger partial charge < -0.3 is 10.6 Å². The smallest absolute Gasteiger partial charge is 0.191 e. The van der Waals surface area contributed by atoms with Crippen molar-refractivity contribution in [3.8, 4) is 0 Å². The third kappa shape index (κ3) is 5.29. The summed E-state index contributed by atoms with van der Waals surface area (Å²) < 4.78 is 0.279. The number of nitrogens with zero attached hydrogens (tertiary/aromatic N) is 1. The van der Waals surface area contributed by atoms with Gasteiger partial charge in [-0.1, -0.05) is 0 Å². The molecule has 0 spiro atoms. The lowest BCUT2D eigenvalue weighted by atomic mass is 10.2. The Morgan fingerprint density at radius 1 is 1.57 bits per heavy atom. The van der Waals surface area contributed by atoms with E-state index in [9.17, 15) is 0 Å². The summed E-state index contributed by atoms with van der Waals surface area (Å²) in [5, 5.41) is 6.58. The normalized spacial score (nSPS) is 16.4. The molecule has 0 aromatic carbocycles. The molecule has 0 bridgehead atoms. The molecule has 1 aliphatic heterocycles. The van der Waals surface area contributed by atoms with Gasteiger partial charge in [-0.2, -0.15) is 11.8 Å². The highest BCUT2D eigenvalue weighted by molar-refractivity contribution is 14.0. The van der Waals surface area contributed by atoms with Crippen LogP contribution in [0.25, 0.3) is 0 Å². The molecule has 5 heteroatoms. The summed E-state index contributed by atoms with van der Waals surface area (Å²) in [4.78, 5) is 4.35. The van der Waals surface area contributed by atoms with Crippen LogP contribution in [-0.2, 0) is 0 Å². The average molecular weight is 329 g/mol. The quantitative estimate of drug-likeness (QED) is 0.774. The Morgan fingerprint density at radius 3 is 2.79 bits per heavy atom. The monoisotopic (exact) mass is 329 g/mol. The predicted octanol–water partition coefficient (Wildman–Crippen LogP) is 1.68. The van der Waals surface area contributed by atoms with Gasteiger partial charge in [0.05, 0.1) is 0 Å². The van der Waals surface area contributed by atoms with Gasteiger partial charge in [0, 0.05) is 24.4 Å². The van der Waals surface area contributed by atoms with E-state index in [1.807, 2.05) is 11.8 Å². The van der Waals surface area contributed by atoms with E-state index in [0.29, 0.717) is 0 Å². The summed E-state index contributed by atoms with van der Waals surface area (Å²) >= 11 is 1.87. The van der Waals surface area contributed by atoms with Crippen molar-refractivity contribution in [1.29, 1.82) is 0 Å². The van der Waals surface area contributed by atoms with Gasteiger partial charge in [-0.15, -0.1) is 24.0 Å². The van der Waals surface area contributed by atoms with Gasteiger partial charge in [-0.3, -0.25) is 4.99 Å². The van der Waals surface area contributed by atoms with Gasteiger partial charge >= 0.3 is 0 Å². The summed E-state index contributed by atoms with van der Waals surface area (Å²) in [7, 11) is 0. The lowest BCUT2D eigenvalue weighted by Crippen LogP contribution is -2.45. The number of hydrogen-bond acceptors (Lipinski definition) is 4. The molecular formula is C9H20IN3S. The first-order chi connectivity index (χ1) is 6.14. The van der Waals surface area contributed by atoms with Gasteiger partial charge in [-0.25, -0.2) is 0 Å². The van der Waals surface area contributed by atoms with Crippen LogP contribution in [0.1, 0.15) is 20.3 Å². The standard InChI is InChI=1S/C9H19N3S.HI/c1-9(2,13-3)7-12-8-10-5-4-6-11-8;/h4-7H2,1-3H3,(H2,10,11,12);1H. The molecule has 0 radical (unpaired) electrons. The topological polar surface area (TPSA) is 36.4 Å². The molecule has 3 nitrogen and oxygen atoms in total. The molecule has 0 aromatic heterocycles. The highest BCUT2D eigenvalue weighted by Crippen LogP contribution is 2.19. The zero-order valence-electron chi connectivity index (χ0n) is 9.09. The van der Waals surface area contributed by atoms with Crippen molar-refractivity contribution < 1.29 is 0 Å². The van der Waals surface area contributed by atoms with E-state index in [1.165, 1.54) is 0 Å². The summed E-state index contributed by atoms with van der Waals surface area (Å²) in [6.45, 7) is 7.42. The van der Waals surface area contributed by atoms with Crippen LogP contribution in [0.5, 0.6) is 0 Å². The Hall–Kier alpha value is 0.350. The van der Waals surface area contributed by atoms with Crippen LogP contribution in [-0.4, -0.2) is 36.6 Å². The van der Waals surface area contributed by atoms with Crippen LogP contribution in [0.2, 0.25) is 0 Å². The molecule has 84 valence electrons. The molecule has 1 rings (SSSR count). The molecule has 1 heterocycles. The number of halogens is 1. The van der Waals surface area contributed by atoms with E-state index in [4.69, 9.17) is 0 Å². The molecule has 0 atom stereocenters. The molecule has 0 aromatic rings. The van der Waals surface area contributed by atoms with Gasteiger partial charge in [0.25, 0.3) is 0 Å². The number of guanidine groups is 1. The first-order valence-corrected chi connectivity index (χ1v) is 5.94. The second kappa shape index (κ2) is 6.76. The van der Waals surface area contributed by atoms with Crippen molar-refractivity contribution in [3.63, 3.8) is 0 Å². The largest absolute Gasteiger partial charge is 0.356 e. The molecule has 14 heavy (non-hydrogen) atoms. The third-order valence-corrected chi connectivity index (χ3v) is 3.38. The van der Waals surface area contributed by atoms with Crippen LogP contribution in [0.3, 0.4) is 0 Å². The Kier molecular flexibility index (Phi) is 6.93. The van der Waals surface area contributed by atoms with Crippen LogP contribution < -0.4 is 10.6 Å². The predicted molar refractivity (Wildman–Crippen MR) is 75.9 cm³/mol. The maximum Gasteiger partial charge on any atom is 0.191 e. The van der Waals surface area contributed by atoms with Crippen LogP contribution >= 0.6 is 35.7 Å². The highest BCUT2D eigenvalue weighted by atomic mass is 127. The highest BCUT2D eigenvalue weighted by Gasteiger charge is 2.16. The zero-order chi connectivity index (χ0) is 9.73. The molecule has 0 saturated heterocycles. The summed E-state index contributed by atoms with van der Waals surface area (Å²) in [5.41, 5.74) is 0. The van der Waals surface area contributed by atoms with Crippen LogP contribution in [0.4, 0.5) is 0 Å². The summed E-state index contributed by atoms with van der Waals surface area (Å²) in [5.74, 6) is 0.966. The number of hydrogen-bond donors (Lipinski definition) is 2. The van der Waals surface area contributed by atoms with Crippen molar-refractivity contribution in [2.75, 3.05) is 25.9 Å². The van der Waals surface area contributed by atoms with Gasteiger partial charge in [-0.05, 0) is 26.5 Å². The minimum absolute atomic E-state index is 0. The van der Waals surface area contributed by atoms with E-state index in [2.05, 4.69) is 35.7 Å². The summed E-state index contributed by atoms with van der Waals surface area (Å²) in [6, 6.07) is 0.